The third-order valence-electron chi connectivity index (χ3n) is 7.25. The number of hydrogen-bond donors (Lipinski definition) is 0. The number of aryl methyl sites for hydroxylation is 1. The summed E-state index contributed by atoms with van der Waals surface area (Å²) < 4.78 is 5.34. The second kappa shape index (κ2) is 13.0. The summed E-state index contributed by atoms with van der Waals surface area (Å²) in [7, 11) is 1.88. The minimum Gasteiger partial charge on any atom is -0.248 e. The van der Waals surface area contributed by atoms with E-state index in [9.17, 15) is 0 Å². The largest absolute Gasteiger partial charge is 0.248 e. The van der Waals surface area contributed by atoms with Crippen LogP contribution in [-0.4, -0.2) is 44.5 Å². The molecule has 0 N–H and O–H groups in total. The zero-order valence-electron chi connectivity index (χ0n) is 23.9. The normalized spacial score (nSPS) is 11.4. The van der Waals surface area contributed by atoms with Gasteiger partial charge in [0.2, 0.25) is 0 Å². The quantitative estimate of drug-likeness (QED) is 0.240. The van der Waals surface area contributed by atoms with Gasteiger partial charge in [-0.25, -0.2) is 24.0 Å². The Bertz CT molecular complexity index is 2030. The summed E-state index contributed by atoms with van der Waals surface area (Å²) in [6.07, 6.45) is 6.39. The lowest BCUT2D eigenvalue weighted by molar-refractivity contribution is 0.594. The van der Waals surface area contributed by atoms with Crippen molar-refractivity contribution in [3.63, 3.8) is 0 Å². The van der Waals surface area contributed by atoms with E-state index in [4.69, 9.17) is 22.1 Å². The topological polar surface area (TPSA) is 140 Å². The highest BCUT2D eigenvalue weighted by molar-refractivity contribution is 6.30. The summed E-state index contributed by atoms with van der Waals surface area (Å²) in [4.78, 5) is 8.09. The number of rotatable bonds is 6. The van der Waals surface area contributed by atoms with Gasteiger partial charge >= 0.3 is 0 Å². The first kappa shape index (κ1) is 28.9. The van der Waals surface area contributed by atoms with Crippen LogP contribution < -0.4 is 0 Å². The maximum Gasteiger partial charge on any atom is 0.137 e. The molecule has 45 heavy (non-hydrogen) atoms. The molecule has 1 atom stereocenters. The van der Waals surface area contributed by atoms with Gasteiger partial charge in [-0.05, 0) is 70.8 Å². The van der Waals surface area contributed by atoms with Gasteiger partial charge in [-0.3, -0.25) is 0 Å². The predicted octanol–water partition coefficient (Wildman–Crippen LogP) is 5.51. The Balaban J connectivity index is 0.000000159. The van der Waals surface area contributed by atoms with E-state index in [0.717, 1.165) is 33.3 Å². The average molecular weight is 610 g/mol. The molecule has 0 bridgehead atoms. The monoisotopic (exact) mass is 609 g/mol. The van der Waals surface area contributed by atoms with E-state index in [1.165, 1.54) is 12.7 Å². The van der Waals surface area contributed by atoms with Crippen LogP contribution in [0.3, 0.4) is 0 Å². The Morgan fingerprint density at radius 2 is 1.11 bits per heavy atom. The highest BCUT2D eigenvalue weighted by atomic mass is 35.5. The van der Waals surface area contributed by atoms with E-state index in [1.807, 2.05) is 72.4 Å². The summed E-state index contributed by atoms with van der Waals surface area (Å²) in [5.41, 5.74) is 7.21. The van der Waals surface area contributed by atoms with E-state index >= 15 is 0 Å². The summed E-state index contributed by atoms with van der Waals surface area (Å²) in [5.74, 6) is 0. The van der Waals surface area contributed by atoms with Crippen molar-refractivity contribution in [2.45, 2.75) is 12.1 Å². The van der Waals surface area contributed by atoms with Gasteiger partial charge in [0, 0.05) is 12.1 Å². The van der Waals surface area contributed by atoms with Crippen molar-refractivity contribution in [2.24, 2.45) is 7.05 Å². The zero-order valence-corrected chi connectivity index (χ0v) is 24.7. The minimum atomic E-state index is -0.150. The van der Waals surface area contributed by atoms with Gasteiger partial charge in [-0.2, -0.15) is 20.7 Å². The molecule has 3 aromatic heterocycles. The maximum absolute atomic E-state index is 8.92. The fourth-order valence-corrected chi connectivity index (χ4v) is 5.17. The van der Waals surface area contributed by atoms with Gasteiger partial charge in [0.1, 0.15) is 42.9 Å². The molecule has 0 aliphatic carbocycles. The second-order valence-electron chi connectivity index (χ2n) is 10.0. The fraction of sp³-hybridized carbons (Fsp3) is 0.0909. The Morgan fingerprint density at radius 3 is 1.58 bits per heavy atom. The van der Waals surface area contributed by atoms with E-state index < -0.39 is 0 Å². The lowest BCUT2D eigenvalue weighted by Crippen LogP contribution is -2.13. The van der Waals surface area contributed by atoms with Crippen molar-refractivity contribution in [1.29, 1.82) is 10.5 Å². The highest BCUT2D eigenvalue weighted by Gasteiger charge is 2.19. The lowest BCUT2D eigenvalue weighted by atomic mass is 9.97. The van der Waals surface area contributed by atoms with Crippen molar-refractivity contribution in [1.82, 2.24) is 44.5 Å². The van der Waals surface area contributed by atoms with Crippen LogP contribution in [0.15, 0.2) is 116 Å². The first-order valence-electron chi connectivity index (χ1n) is 13.8. The van der Waals surface area contributed by atoms with Crippen molar-refractivity contribution in [2.75, 3.05) is 0 Å². The Labute approximate surface area is 263 Å². The summed E-state index contributed by atoms with van der Waals surface area (Å²) in [5, 5.41) is 35.3. The third-order valence-corrected chi connectivity index (χ3v) is 7.50. The molecule has 0 radical (unpaired) electrons. The van der Waals surface area contributed by atoms with Gasteiger partial charge < -0.3 is 0 Å². The van der Waals surface area contributed by atoms with Crippen LogP contribution in [0.4, 0.5) is 0 Å². The highest BCUT2D eigenvalue weighted by Crippen LogP contribution is 2.29. The summed E-state index contributed by atoms with van der Waals surface area (Å²) in [6, 6.07) is 32.6. The van der Waals surface area contributed by atoms with Crippen molar-refractivity contribution >= 4 is 22.6 Å². The van der Waals surface area contributed by atoms with E-state index in [0.29, 0.717) is 16.1 Å². The van der Waals surface area contributed by atoms with E-state index in [-0.39, 0.29) is 12.1 Å². The molecular formula is C33H24ClN11. The Hall–Kier alpha value is -6.17. The molecule has 0 fully saturated rings. The van der Waals surface area contributed by atoms with Crippen molar-refractivity contribution in [3.05, 3.63) is 155 Å². The summed E-state index contributed by atoms with van der Waals surface area (Å²) in [6.45, 7) is 0. The number of aromatic nitrogens is 9. The molecule has 3 heterocycles. The SMILES string of the molecule is Cn1nnc2ccc([C@H](c3ccc(Cl)cc3)n3cncn3)cc21.N#Cc1ccc(C(c2ccc(C#N)cc2)n2cncn2)cc1. The molecule has 0 aliphatic heterocycles. The van der Waals surface area contributed by atoms with Crippen LogP contribution in [0, 0.1) is 22.7 Å². The smallest absolute Gasteiger partial charge is 0.137 e. The molecule has 0 saturated carbocycles. The molecule has 11 nitrogen and oxygen atoms in total. The standard InChI is InChI=1S/C17H11N5.C16H13ClN6/c18-9-13-1-5-15(6-2-13)17(22-12-20-11-21-22)16-7-3-14(10-19)4-8-16;1-22-15-8-12(4-7-14(15)20-21-22)16(23-10-18-9-19-23)11-2-5-13(17)6-3-11/h1-8,11-12,17H;2-10,16H,1H3/t;16-/m.0/s1. The first-order chi connectivity index (χ1) is 22.0. The summed E-state index contributed by atoms with van der Waals surface area (Å²) >= 11 is 6.02. The second-order valence-corrected chi connectivity index (χ2v) is 10.5. The van der Waals surface area contributed by atoms with Crippen LogP contribution in [0.1, 0.15) is 45.5 Å². The molecule has 218 valence electrons. The maximum atomic E-state index is 8.92. The Kier molecular flexibility index (Phi) is 8.36. The fourth-order valence-electron chi connectivity index (χ4n) is 5.04. The third kappa shape index (κ3) is 6.30. The van der Waals surface area contributed by atoms with Crippen LogP contribution in [-0.2, 0) is 7.05 Å². The molecule has 0 saturated heterocycles. The predicted molar refractivity (Wildman–Crippen MR) is 167 cm³/mol. The molecule has 7 aromatic rings. The van der Waals surface area contributed by atoms with Crippen LogP contribution >= 0.6 is 11.6 Å². The number of hydrogen-bond acceptors (Lipinski definition) is 8. The van der Waals surface area contributed by atoms with Crippen LogP contribution in [0.5, 0.6) is 0 Å². The number of fused-ring (bicyclic) bond motifs is 1. The van der Waals surface area contributed by atoms with Gasteiger partial charge in [-0.15, -0.1) is 5.10 Å². The van der Waals surface area contributed by atoms with Gasteiger partial charge in [0.05, 0.1) is 28.8 Å². The number of nitrogens with zero attached hydrogens (tertiary/aromatic N) is 11. The van der Waals surface area contributed by atoms with Gasteiger partial charge in [-0.1, -0.05) is 59.3 Å². The molecule has 0 unspecified atom stereocenters. The molecule has 0 aliphatic rings. The van der Waals surface area contributed by atoms with Crippen LogP contribution in [0.2, 0.25) is 5.02 Å². The molecule has 0 spiro atoms. The number of nitriles is 2. The molecule has 7 rings (SSSR count). The molecule has 12 heteroatoms. The van der Waals surface area contributed by atoms with Crippen molar-refractivity contribution < 1.29 is 0 Å². The molecule has 4 aromatic carbocycles. The zero-order chi connectivity index (χ0) is 31.2. The Morgan fingerprint density at radius 1 is 0.644 bits per heavy atom. The minimum absolute atomic E-state index is 0.0888. The number of halogens is 1. The number of benzene rings is 4. The van der Waals surface area contributed by atoms with Gasteiger partial charge in [0.25, 0.3) is 0 Å². The average Bonchev–Trinajstić information content (AvgIpc) is 3.88. The van der Waals surface area contributed by atoms with Crippen molar-refractivity contribution in [3.8, 4) is 12.1 Å². The lowest BCUT2D eigenvalue weighted by Gasteiger charge is -2.18. The van der Waals surface area contributed by atoms with E-state index in [2.05, 4.69) is 48.7 Å². The van der Waals surface area contributed by atoms with Gasteiger partial charge in [0.15, 0.2) is 0 Å². The molecular weight excluding hydrogens is 586 g/mol. The molecule has 0 amide bonds. The first-order valence-corrected chi connectivity index (χ1v) is 14.1. The van der Waals surface area contributed by atoms with E-state index in [1.54, 1.807) is 46.3 Å². The van der Waals surface area contributed by atoms with Crippen LogP contribution in [0.25, 0.3) is 11.0 Å².